The van der Waals surface area contributed by atoms with Crippen molar-refractivity contribution in [3.8, 4) is 0 Å². The number of fused-ring (bicyclic) bond motifs is 5. The summed E-state index contributed by atoms with van der Waals surface area (Å²) in [6.07, 6.45) is 0. The van der Waals surface area contributed by atoms with Crippen molar-refractivity contribution in [1.29, 1.82) is 0 Å². The zero-order chi connectivity index (χ0) is 24.1. The molecule has 180 valence electrons. The standard InChI is InChI=1S/C23H24ClN9OS/c1-12-11-25-18-17-13-3-6-16(27-14(13)4-5-15(17)35-19(18)20(34)26-12)28-22-29-21(24)30-23(31-22)33-9-7-32(2)8-10-33/h3-6,12,25H,7-11H2,1-2H3,(H,26,34)(H,27,28,29,30,31)/t12-/m1/s1. The molecule has 1 amide bonds. The number of hydrogen-bond acceptors (Lipinski definition) is 10. The third kappa shape index (κ3) is 4.19. The van der Waals surface area contributed by atoms with Gasteiger partial charge in [0.15, 0.2) is 0 Å². The number of nitrogens with zero attached hydrogens (tertiary/aromatic N) is 6. The van der Waals surface area contributed by atoms with Crippen LogP contribution in [0.4, 0.5) is 23.4 Å². The van der Waals surface area contributed by atoms with Crippen molar-refractivity contribution in [2.24, 2.45) is 0 Å². The van der Waals surface area contributed by atoms with E-state index < -0.39 is 0 Å². The Balaban J connectivity index is 1.33. The van der Waals surface area contributed by atoms with Crippen molar-refractivity contribution in [2.75, 3.05) is 55.3 Å². The molecule has 1 saturated heterocycles. The number of aromatic nitrogens is 4. The molecule has 1 fully saturated rings. The Labute approximate surface area is 210 Å². The van der Waals surface area contributed by atoms with Crippen LogP contribution in [0.3, 0.4) is 0 Å². The predicted molar refractivity (Wildman–Crippen MR) is 140 cm³/mol. The quantitative estimate of drug-likeness (QED) is 0.383. The molecule has 0 saturated carbocycles. The van der Waals surface area contributed by atoms with Gasteiger partial charge in [-0.3, -0.25) is 4.79 Å². The molecule has 1 atom stereocenters. The summed E-state index contributed by atoms with van der Waals surface area (Å²) in [6, 6.07) is 7.94. The molecule has 12 heteroatoms. The summed E-state index contributed by atoms with van der Waals surface area (Å²) in [7, 11) is 2.10. The summed E-state index contributed by atoms with van der Waals surface area (Å²) in [5.41, 5.74) is 1.68. The Bertz CT molecular complexity index is 1450. The van der Waals surface area contributed by atoms with Crippen LogP contribution >= 0.6 is 22.9 Å². The van der Waals surface area contributed by atoms with Crippen LogP contribution in [0.25, 0.3) is 21.0 Å². The molecule has 0 spiro atoms. The van der Waals surface area contributed by atoms with Gasteiger partial charge in [0.1, 0.15) is 10.7 Å². The van der Waals surface area contributed by atoms with Crippen LogP contribution in [0.15, 0.2) is 24.3 Å². The molecular formula is C23H24ClN9OS. The lowest BCUT2D eigenvalue weighted by Crippen LogP contribution is -2.45. The molecule has 3 aromatic heterocycles. The van der Waals surface area contributed by atoms with Gasteiger partial charge < -0.3 is 25.8 Å². The van der Waals surface area contributed by atoms with Crippen LogP contribution in [-0.4, -0.2) is 76.6 Å². The lowest BCUT2D eigenvalue weighted by molar-refractivity contribution is 0.0949. The highest BCUT2D eigenvalue weighted by atomic mass is 35.5. The van der Waals surface area contributed by atoms with E-state index in [0.717, 1.165) is 52.9 Å². The second-order valence-corrected chi connectivity index (χ2v) is 10.3. The summed E-state index contributed by atoms with van der Waals surface area (Å²) in [6.45, 7) is 6.20. The smallest absolute Gasteiger partial charge is 0.263 e. The van der Waals surface area contributed by atoms with E-state index >= 15 is 0 Å². The molecule has 4 aromatic rings. The molecule has 6 rings (SSSR count). The van der Waals surface area contributed by atoms with Gasteiger partial charge in [0, 0.05) is 54.2 Å². The van der Waals surface area contributed by atoms with E-state index in [9.17, 15) is 4.79 Å². The van der Waals surface area contributed by atoms with Crippen molar-refractivity contribution in [3.63, 3.8) is 0 Å². The Morgan fingerprint density at radius 1 is 1.09 bits per heavy atom. The largest absolute Gasteiger partial charge is 0.381 e. The molecule has 5 heterocycles. The van der Waals surface area contributed by atoms with E-state index in [-0.39, 0.29) is 17.2 Å². The van der Waals surface area contributed by atoms with Crippen LogP contribution in [0.5, 0.6) is 0 Å². The number of carbonyl (C=O) groups is 1. The summed E-state index contributed by atoms with van der Waals surface area (Å²) in [4.78, 5) is 35.7. The maximum Gasteiger partial charge on any atom is 0.263 e. The minimum Gasteiger partial charge on any atom is -0.381 e. The third-order valence-corrected chi connectivity index (χ3v) is 7.64. The van der Waals surface area contributed by atoms with Gasteiger partial charge in [-0.05, 0) is 49.8 Å². The van der Waals surface area contributed by atoms with Crippen molar-refractivity contribution in [1.82, 2.24) is 30.2 Å². The number of pyridine rings is 1. The van der Waals surface area contributed by atoms with Gasteiger partial charge in [-0.2, -0.15) is 15.0 Å². The maximum absolute atomic E-state index is 12.7. The van der Waals surface area contributed by atoms with Gasteiger partial charge in [-0.15, -0.1) is 11.3 Å². The average molecular weight is 510 g/mol. The molecule has 3 N–H and O–H groups in total. The average Bonchev–Trinajstić information content (AvgIpc) is 3.15. The van der Waals surface area contributed by atoms with E-state index in [1.807, 2.05) is 31.2 Å². The summed E-state index contributed by atoms with van der Waals surface area (Å²) in [5.74, 6) is 1.47. The molecule has 35 heavy (non-hydrogen) atoms. The van der Waals surface area contributed by atoms with Crippen molar-refractivity contribution in [2.45, 2.75) is 13.0 Å². The highest BCUT2D eigenvalue weighted by Gasteiger charge is 2.25. The molecule has 1 aromatic carbocycles. The number of hydrogen-bond donors (Lipinski definition) is 3. The number of halogens is 1. The first kappa shape index (κ1) is 22.2. The van der Waals surface area contributed by atoms with Crippen molar-refractivity contribution < 1.29 is 4.79 Å². The normalized spacial score (nSPS) is 18.8. The lowest BCUT2D eigenvalue weighted by Gasteiger charge is -2.32. The van der Waals surface area contributed by atoms with Crippen LogP contribution in [0.2, 0.25) is 5.28 Å². The molecule has 2 aliphatic heterocycles. The molecule has 0 aliphatic carbocycles. The second kappa shape index (κ2) is 8.74. The van der Waals surface area contributed by atoms with Gasteiger partial charge in [-0.1, -0.05) is 0 Å². The maximum atomic E-state index is 12.7. The number of benzene rings is 1. The third-order valence-electron chi connectivity index (χ3n) is 6.31. The predicted octanol–water partition coefficient (Wildman–Crippen LogP) is 3.33. The molecule has 0 radical (unpaired) electrons. The fourth-order valence-electron chi connectivity index (χ4n) is 4.45. The Hall–Kier alpha value is -3.28. The minimum atomic E-state index is -0.0408. The first-order valence-corrected chi connectivity index (χ1v) is 12.7. The number of piperazine rings is 1. The van der Waals surface area contributed by atoms with Gasteiger partial charge in [0.2, 0.25) is 17.2 Å². The number of carbonyl (C=O) groups excluding carboxylic acids is 1. The first-order valence-electron chi connectivity index (χ1n) is 11.5. The summed E-state index contributed by atoms with van der Waals surface area (Å²) < 4.78 is 1.04. The lowest BCUT2D eigenvalue weighted by atomic mass is 10.1. The van der Waals surface area contributed by atoms with Crippen LogP contribution in [0, 0.1) is 0 Å². The SMILES string of the molecule is C[C@@H]1CNc2c(sc3ccc4nc(Nc5nc(Cl)nc(N6CCN(C)CC6)n5)ccc4c23)C(=O)N1. The molecule has 2 aliphatic rings. The van der Waals surface area contributed by atoms with Crippen LogP contribution < -0.4 is 20.9 Å². The number of likely N-dealkylation sites (N-methyl/N-ethyl adjacent to an activating group) is 1. The summed E-state index contributed by atoms with van der Waals surface area (Å²) in [5, 5.41) is 11.8. The molecule has 0 bridgehead atoms. The minimum absolute atomic E-state index is 0.0408. The van der Waals surface area contributed by atoms with E-state index in [2.05, 4.69) is 47.7 Å². The van der Waals surface area contributed by atoms with Crippen molar-refractivity contribution >= 4 is 73.2 Å². The van der Waals surface area contributed by atoms with Crippen LogP contribution in [-0.2, 0) is 0 Å². The van der Waals surface area contributed by atoms with Crippen molar-refractivity contribution in [3.05, 3.63) is 34.4 Å². The fourth-order valence-corrected chi connectivity index (χ4v) is 5.71. The zero-order valence-corrected chi connectivity index (χ0v) is 20.9. The Kier molecular flexibility index (Phi) is 5.54. The fraction of sp³-hybridized carbons (Fsp3) is 0.348. The molecule has 0 unspecified atom stereocenters. The Morgan fingerprint density at radius 3 is 2.74 bits per heavy atom. The van der Waals surface area contributed by atoms with Gasteiger partial charge >= 0.3 is 0 Å². The number of nitrogens with one attached hydrogen (secondary N) is 3. The number of rotatable bonds is 3. The van der Waals surface area contributed by atoms with E-state index in [4.69, 9.17) is 16.6 Å². The van der Waals surface area contributed by atoms with Gasteiger partial charge in [-0.25, -0.2) is 4.98 Å². The monoisotopic (exact) mass is 509 g/mol. The van der Waals surface area contributed by atoms with Crippen LogP contribution in [0.1, 0.15) is 16.6 Å². The molecule has 10 nitrogen and oxygen atoms in total. The zero-order valence-electron chi connectivity index (χ0n) is 19.3. The molecular weight excluding hydrogens is 486 g/mol. The van der Waals surface area contributed by atoms with E-state index in [1.54, 1.807) is 0 Å². The second-order valence-electron chi connectivity index (χ2n) is 8.91. The highest BCUT2D eigenvalue weighted by Crippen LogP contribution is 2.41. The van der Waals surface area contributed by atoms with Gasteiger partial charge in [0.05, 0.1) is 11.2 Å². The summed E-state index contributed by atoms with van der Waals surface area (Å²) >= 11 is 7.71. The number of thiophene rings is 1. The topological polar surface area (TPSA) is 111 Å². The highest BCUT2D eigenvalue weighted by molar-refractivity contribution is 7.21. The number of anilines is 4. The number of amides is 1. The van der Waals surface area contributed by atoms with E-state index in [1.165, 1.54) is 11.3 Å². The Morgan fingerprint density at radius 2 is 1.91 bits per heavy atom. The van der Waals surface area contributed by atoms with E-state index in [0.29, 0.717) is 29.1 Å². The van der Waals surface area contributed by atoms with Gasteiger partial charge in [0.25, 0.3) is 5.91 Å². The first-order chi connectivity index (χ1) is 16.9.